The summed E-state index contributed by atoms with van der Waals surface area (Å²) in [6, 6.07) is 8.74. The van der Waals surface area contributed by atoms with Crippen LogP contribution in [-0.4, -0.2) is 27.3 Å². The van der Waals surface area contributed by atoms with Crippen molar-refractivity contribution in [1.82, 2.24) is 15.5 Å². The van der Waals surface area contributed by atoms with Crippen LogP contribution in [0.1, 0.15) is 12.7 Å². The third-order valence-electron chi connectivity index (χ3n) is 2.43. The molecular weight excluding hydrogens is 234 g/mol. The molecule has 6 nitrogen and oxygen atoms in total. The average Bonchev–Trinajstić information content (AvgIpc) is 2.85. The maximum Gasteiger partial charge on any atom is 0.320 e. The normalized spacial score (nSPS) is 12.3. The molecule has 0 amide bonds. The van der Waals surface area contributed by atoms with E-state index in [1.807, 2.05) is 30.3 Å². The van der Waals surface area contributed by atoms with Gasteiger partial charge in [0.1, 0.15) is 6.04 Å². The van der Waals surface area contributed by atoms with Crippen LogP contribution in [0.2, 0.25) is 0 Å². The van der Waals surface area contributed by atoms with Crippen LogP contribution in [-0.2, 0) is 11.3 Å². The van der Waals surface area contributed by atoms with Crippen LogP contribution in [0.15, 0.2) is 34.9 Å². The van der Waals surface area contributed by atoms with Gasteiger partial charge in [0.2, 0.25) is 0 Å². The Balaban J connectivity index is 2.01. The Morgan fingerprint density at radius 2 is 2.17 bits per heavy atom. The number of nitrogens with one attached hydrogen (secondary N) is 1. The van der Waals surface area contributed by atoms with Crippen molar-refractivity contribution in [1.29, 1.82) is 0 Å². The van der Waals surface area contributed by atoms with Crippen molar-refractivity contribution in [3.05, 3.63) is 36.2 Å². The highest BCUT2D eigenvalue weighted by molar-refractivity contribution is 5.72. The molecule has 0 aliphatic carbocycles. The van der Waals surface area contributed by atoms with Gasteiger partial charge >= 0.3 is 5.97 Å². The molecule has 1 aromatic heterocycles. The second-order valence-corrected chi connectivity index (χ2v) is 3.82. The van der Waals surface area contributed by atoms with E-state index in [4.69, 9.17) is 9.63 Å². The average molecular weight is 247 g/mol. The van der Waals surface area contributed by atoms with E-state index in [0.717, 1.165) is 5.56 Å². The van der Waals surface area contributed by atoms with Gasteiger partial charge in [-0.05, 0) is 19.1 Å². The first-order valence-corrected chi connectivity index (χ1v) is 5.51. The highest BCUT2D eigenvalue weighted by Crippen LogP contribution is 2.15. The minimum atomic E-state index is -0.915. The molecule has 0 aliphatic heterocycles. The summed E-state index contributed by atoms with van der Waals surface area (Å²) in [4.78, 5) is 14.8. The van der Waals surface area contributed by atoms with Gasteiger partial charge in [-0.25, -0.2) is 0 Å². The number of nitrogens with zero attached hydrogens (tertiary/aromatic N) is 2. The molecule has 0 radical (unpaired) electrons. The summed E-state index contributed by atoms with van der Waals surface area (Å²) < 4.78 is 5.09. The number of carbonyl (C=O) groups is 1. The lowest BCUT2D eigenvalue weighted by Gasteiger charge is -2.05. The van der Waals surface area contributed by atoms with Crippen LogP contribution < -0.4 is 5.32 Å². The van der Waals surface area contributed by atoms with Gasteiger partial charge in [-0.1, -0.05) is 23.4 Å². The molecule has 1 aromatic carbocycles. The predicted octanol–water partition coefficient (Wildman–Crippen LogP) is 1.30. The van der Waals surface area contributed by atoms with E-state index in [-0.39, 0.29) is 6.54 Å². The van der Waals surface area contributed by atoms with Gasteiger partial charge in [0, 0.05) is 5.56 Å². The van der Waals surface area contributed by atoms with Gasteiger partial charge in [-0.15, -0.1) is 0 Å². The predicted molar refractivity (Wildman–Crippen MR) is 63.7 cm³/mol. The molecule has 2 rings (SSSR count). The molecule has 0 bridgehead atoms. The van der Waals surface area contributed by atoms with Crippen molar-refractivity contribution in [3.8, 4) is 11.5 Å². The Labute approximate surface area is 104 Å². The van der Waals surface area contributed by atoms with Gasteiger partial charge in [0.05, 0.1) is 6.54 Å². The summed E-state index contributed by atoms with van der Waals surface area (Å²) in [6.45, 7) is 1.81. The number of aliphatic carboxylic acids is 1. The lowest BCUT2D eigenvalue weighted by molar-refractivity contribution is -0.139. The third-order valence-corrected chi connectivity index (χ3v) is 2.43. The highest BCUT2D eigenvalue weighted by atomic mass is 16.5. The molecule has 1 atom stereocenters. The van der Waals surface area contributed by atoms with Gasteiger partial charge in [-0.2, -0.15) is 4.98 Å². The van der Waals surface area contributed by atoms with Crippen molar-refractivity contribution in [2.75, 3.05) is 0 Å². The number of hydrogen-bond acceptors (Lipinski definition) is 5. The molecule has 6 heteroatoms. The Hall–Kier alpha value is -2.21. The highest BCUT2D eigenvalue weighted by Gasteiger charge is 2.12. The van der Waals surface area contributed by atoms with Crippen molar-refractivity contribution in [2.45, 2.75) is 19.5 Å². The molecule has 0 aliphatic rings. The summed E-state index contributed by atoms with van der Waals surface area (Å²) in [5.41, 5.74) is 0.836. The topological polar surface area (TPSA) is 88.3 Å². The summed E-state index contributed by atoms with van der Waals surface area (Å²) in [6.07, 6.45) is 0. The van der Waals surface area contributed by atoms with Gasteiger partial charge in [0.15, 0.2) is 5.82 Å². The van der Waals surface area contributed by atoms with Gasteiger partial charge in [-0.3, -0.25) is 10.1 Å². The van der Waals surface area contributed by atoms with Crippen molar-refractivity contribution in [3.63, 3.8) is 0 Å². The molecule has 0 fully saturated rings. The maximum atomic E-state index is 10.6. The first-order valence-electron chi connectivity index (χ1n) is 5.51. The van der Waals surface area contributed by atoms with E-state index in [9.17, 15) is 4.79 Å². The third kappa shape index (κ3) is 2.92. The van der Waals surface area contributed by atoms with E-state index in [1.54, 1.807) is 6.92 Å². The zero-order valence-electron chi connectivity index (χ0n) is 9.83. The van der Waals surface area contributed by atoms with Crippen molar-refractivity contribution < 1.29 is 14.4 Å². The molecule has 2 aromatic rings. The fourth-order valence-corrected chi connectivity index (χ4v) is 1.36. The van der Waals surface area contributed by atoms with Crippen LogP contribution >= 0.6 is 0 Å². The van der Waals surface area contributed by atoms with Crippen LogP contribution in [0.5, 0.6) is 0 Å². The molecule has 0 spiro atoms. The lowest BCUT2D eigenvalue weighted by Crippen LogP contribution is -2.33. The van der Waals surface area contributed by atoms with Crippen molar-refractivity contribution in [2.24, 2.45) is 0 Å². The molecule has 0 saturated carbocycles. The van der Waals surface area contributed by atoms with E-state index in [2.05, 4.69) is 15.5 Å². The zero-order valence-corrected chi connectivity index (χ0v) is 9.83. The quantitative estimate of drug-likeness (QED) is 0.827. The van der Waals surface area contributed by atoms with E-state index >= 15 is 0 Å². The number of rotatable bonds is 5. The number of benzene rings is 1. The summed E-state index contributed by atoms with van der Waals surface area (Å²) >= 11 is 0. The van der Waals surface area contributed by atoms with Crippen LogP contribution in [0.3, 0.4) is 0 Å². The fraction of sp³-hybridized carbons (Fsp3) is 0.250. The van der Waals surface area contributed by atoms with E-state index in [0.29, 0.717) is 11.7 Å². The fourth-order valence-electron chi connectivity index (χ4n) is 1.36. The number of carboxylic acid groups (broad SMARTS) is 1. The van der Waals surface area contributed by atoms with Gasteiger partial charge < -0.3 is 9.63 Å². The largest absolute Gasteiger partial charge is 0.480 e. The Bertz CT molecular complexity index is 524. The molecular formula is C12H13N3O3. The van der Waals surface area contributed by atoms with Gasteiger partial charge in [0.25, 0.3) is 5.89 Å². The summed E-state index contributed by atoms with van der Waals surface area (Å²) in [5.74, 6) is -0.0564. The second kappa shape index (κ2) is 5.42. The molecule has 18 heavy (non-hydrogen) atoms. The Morgan fingerprint density at radius 1 is 1.44 bits per heavy atom. The monoisotopic (exact) mass is 247 g/mol. The number of carboxylic acids is 1. The summed E-state index contributed by atoms with van der Waals surface area (Å²) in [7, 11) is 0. The minimum absolute atomic E-state index is 0.254. The number of aromatic nitrogens is 2. The van der Waals surface area contributed by atoms with E-state index in [1.165, 1.54) is 0 Å². The molecule has 1 heterocycles. The first-order chi connectivity index (χ1) is 8.66. The van der Waals surface area contributed by atoms with Crippen molar-refractivity contribution >= 4 is 5.97 Å². The molecule has 0 saturated heterocycles. The van der Waals surface area contributed by atoms with Crippen LogP contribution in [0.25, 0.3) is 11.5 Å². The smallest absolute Gasteiger partial charge is 0.320 e. The minimum Gasteiger partial charge on any atom is -0.480 e. The molecule has 94 valence electrons. The summed E-state index contributed by atoms with van der Waals surface area (Å²) in [5, 5.41) is 15.3. The van der Waals surface area contributed by atoms with Crippen LogP contribution in [0.4, 0.5) is 0 Å². The Morgan fingerprint density at radius 3 is 2.83 bits per heavy atom. The lowest BCUT2D eigenvalue weighted by atomic mass is 10.2. The second-order valence-electron chi connectivity index (χ2n) is 3.82. The Kier molecular flexibility index (Phi) is 3.69. The standard InChI is InChI=1S/C12H13N3O3/c1-8(12(16)17)13-7-10-14-11(18-15-10)9-5-3-2-4-6-9/h2-6,8,13H,7H2,1H3,(H,16,17)/t8-/m0/s1. The molecule has 0 unspecified atom stereocenters. The van der Waals surface area contributed by atoms with E-state index < -0.39 is 12.0 Å². The number of hydrogen-bond donors (Lipinski definition) is 2. The SMILES string of the molecule is C[C@H](NCc1noc(-c2ccccc2)n1)C(=O)O. The van der Waals surface area contributed by atoms with Crippen LogP contribution in [0, 0.1) is 0 Å². The molecule has 2 N–H and O–H groups in total. The first kappa shape index (κ1) is 12.3. The maximum absolute atomic E-state index is 10.6. The zero-order chi connectivity index (χ0) is 13.0.